The van der Waals surface area contributed by atoms with E-state index in [2.05, 4.69) is 13.0 Å². The quantitative estimate of drug-likeness (QED) is 0.898. The summed E-state index contributed by atoms with van der Waals surface area (Å²) < 4.78 is 1.77. The summed E-state index contributed by atoms with van der Waals surface area (Å²) in [6.07, 6.45) is 5.15. The van der Waals surface area contributed by atoms with E-state index in [0.717, 1.165) is 35.7 Å². The van der Waals surface area contributed by atoms with Crippen LogP contribution in [0.5, 0.6) is 0 Å². The molecule has 0 amide bonds. The lowest BCUT2D eigenvalue weighted by Gasteiger charge is -2.03. The topological polar surface area (TPSA) is 42.2 Å². The van der Waals surface area contributed by atoms with Gasteiger partial charge in [0.25, 0.3) is 0 Å². The number of aromatic nitrogens is 1. The predicted molar refractivity (Wildman–Crippen MR) is 77.9 cm³/mol. The first kappa shape index (κ1) is 13.9. The Morgan fingerprint density at radius 3 is 2.79 bits per heavy atom. The second kappa shape index (κ2) is 5.66. The van der Waals surface area contributed by atoms with Crippen molar-refractivity contribution in [2.45, 2.75) is 39.7 Å². The van der Waals surface area contributed by atoms with E-state index in [1.807, 2.05) is 19.2 Å². The van der Waals surface area contributed by atoms with Crippen molar-refractivity contribution in [1.29, 1.82) is 0 Å². The molecule has 0 aliphatic heterocycles. The average Bonchev–Trinajstić information content (AvgIpc) is 2.65. The highest BCUT2D eigenvalue weighted by molar-refractivity contribution is 6.32. The molecule has 1 aromatic carbocycles. The van der Waals surface area contributed by atoms with Gasteiger partial charge >= 0.3 is 5.97 Å². The molecule has 0 unspecified atom stereocenters. The van der Waals surface area contributed by atoms with E-state index in [1.54, 1.807) is 4.57 Å². The molecule has 1 heterocycles. The zero-order valence-electron chi connectivity index (χ0n) is 11.2. The van der Waals surface area contributed by atoms with Gasteiger partial charge in [-0.15, -0.1) is 0 Å². The van der Waals surface area contributed by atoms with Crippen LogP contribution in [0.3, 0.4) is 0 Å². The summed E-state index contributed by atoms with van der Waals surface area (Å²) in [6.45, 7) is 4.10. The van der Waals surface area contributed by atoms with Crippen LogP contribution in [-0.4, -0.2) is 15.6 Å². The molecule has 2 aromatic rings. The van der Waals surface area contributed by atoms with E-state index in [9.17, 15) is 4.79 Å². The number of carboxylic acid groups (broad SMARTS) is 1. The van der Waals surface area contributed by atoms with E-state index in [-0.39, 0.29) is 6.54 Å². The Kier molecular flexibility index (Phi) is 4.15. The molecular formula is C15H18ClNO2. The average molecular weight is 280 g/mol. The van der Waals surface area contributed by atoms with Crippen molar-refractivity contribution >= 4 is 28.5 Å². The van der Waals surface area contributed by atoms with Gasteiger partial charge in [0.2, 0.25) is 0 Å². The van der Waals surface area contributed by atoms with Gasteiger partial charge in [-0.05, 0) is 43.0 Å². The summed E-state index contributed by atoms with van der Waals surface area (Å²) in [5, 5.41) is 10.8. The van der Waals surface area contributed by atoms with Crippen LogP contribution in [0.1, 0.15) is 30.9 Å². The zero-order chi connectivity index (χ0) is 14.0. The van der Waals surface area contributed by atoms with Crippen molar-refractivity contribution in [3.8, 4) is 0 Å². The van der Waals surface area contributed by atoms with Gasteiger partial charge in [-0.2, -0.15) is 0 Å². The number of halogens is 1. The number of fused-ring (bicyclic) bond motifs is 1. The number of carbonyl (C=O) groups is 1. The van der Waals surface area contributed by atoms with Gasteiger partial charge in [-0.3, -0.25) is 4.79 Å². The molecule has 0 radical (unpaired) electrons. The van der Waals surface area contributed by atoms with Crippen molar-refractivity contribution in [3.63, 3.8) is 0 Å². The lowest BCUT2D eigenvalue weighted by atomic mass is 10.1. The van der Waals surface area contributed by atoms with Crippen LogP contribution in [-0.2, 0) is 17.8 Å². The monoisotopic (exact) mass is 279 g/mol. The van der Waals surface area contributed by atoms with Crippen LogP contribution < -0.4 is 0 Å². The molecule has 0 spiro atoms. The molecule has 1 N–H and O–H groups in total. The maximum atomic E-state index is 10.9. The van der Waals surface area contributed by atoms with Crippen LogP contribution in [0.15, 0.2) is 18.3 Å². The van der Waals surface area contributed by atoms with Gasteiger partial charge in [-0.1, -0.05) is 24.9 Å². The molecule has 3 nitrogen and oxygen atoms in total. The molecule has 0 fully saturated rings. The number of carboxylic acids is 1. The van der Waals surface area contributed by atoms with Crippen LogP contribution in [0.25, 0.3) is 10.9 Å². The number of rotatable bonds is 5. The number of benzene rings is 1. The zero-order valence-corrected chi connectivity index (χ0v) is 12.0. The molecule has 0 aliphatic carbocycles. The molecule has 102 valence electrons. The van der Waals surface area contributed by atoms with Crippen LogP contribution in [0.4, 0.5) is 0 Å². The number of aliphatic carboxylic acids is 1. The molecule has 4 heteroatoms. The first-order valence-electron chi connectivity index (χ1n) is 6.52. The Bertz CT molecular complexity index is 616. The van der Waals surface area contributed by atoms with Crippen molar-refractivity contribution in [1.82, 2.24) is 4.57 Å². The molecule has 2 rings (SSSR count). The standard InChI is InChI=1S/C15H18ClNO2/c1-3-4-5-11-8-17(9-15(18)19)14-7-13(16)10(2)6-12(11)14/h6-8H,3-5,9H2,1-2H3,(H,18,19). The van der Waals surface area contributed by atoms with Crippen molar-refractivity contribution in [2.24, 2.45) is 0 Å². The minimum atomic E-state index is -0.837. The molecule has 0 saturated carbocycles. The van der Waals surface area contributed by atoms with Crippen LogP contribution >= 0.6 is 11.6 Å². The van der Waals surface area contributed by atoms with E-state index in [1.165, 1.54) is 5.56 Å². The van der Waals surface area contributed by atoms with Gasteiger partial charge in [0, 0.05) is 16.6 Å². The minimum Gasteiger partial charge on any atom is -0.480 e. The summed E-state index contributed by atoms with van der Waals surface area (Å²) in [5.74, 6) is -0.837. The lowest BCUT2D eigenvalue weighted by molar-refractivity contribution is -0.137. The van der Waals surface area contributed by atoms with Crippen LogP contribution in [0.2, 0.25) is 5.02 Å². The largest absolute Gasteiger partial charge is 0.480 e. The number of hydrogen-bond acceptors (Lipinski definition) is 1. The van der Waals surface area contributed by atoms with Crippen molar-refractivity contribution in [2.75, 3.05) is 0 Å². The lowest BCUT2D eigenvalue weighted by Crippen LogP contribution is -2.07. The Morgan fingerprint density at radius 1 is 1.42 bits per heavy atom. The van der Waals surface area contributed by atoms with E-state index >= 15 is 0 Å². The molecular weight excluding hydrogens is 262 g/mol. The number of hydrogen-bond donors (Lipinski definition) is 1. The van der Waals surface area contributed by atoms with Gasteiger partial charge in [0.15, 0.2) is 0 Å². The molecule has 0 atom stereocenters. The Balaban J connectivity index is 2.55. The van der Waals surface area contributed by atoms with Crippen LogP contribution in [0, 0.1) is 6.92 Å². The molecule has 0 aliphatic rings. The maximum Gasteiger partial charge on any atom is 0.323 e. The summed E-state index contributed by atoms with van der Waals surface area (Å²) in [4.78, 5) is 10.9. The molecule has 0 bridgehead atoms. The van der Waals surface area contributed by atoms with Gasteiger partial charge in [-0.25, -0.2) is 0 Å². The third-order valence-corrected chi connectivity index (χ3v) is 3.76. The highest BCUT2D eigenvalue weighted by Crippen LogP contribution is 2.28. The van der Waals surface area contributed by atoms with E-state index in [4.69, 9.17) is 16.7 Å². The molecule has 19 heavy (non-hydrogen) atoms. The second-order valence-corrected chi connectivity index (χ2v) is 5.31. The Labute approximate surface area is 117 Å². The number of aryl methyl sites for hydroxylation is 2. The second-order valence-electron chi connectivity index (χ2n) is 4.90. The molecule has 0 saturated heterocycles. The fourth-order valence-electron chi connectivity index (χ4n) is 2.34. The van der Waals surface area contributed by atoms with E-state index in [0.29, 0.717) is 5.02 Å². The maximum absolute atomic E-state index is 10.9. The SMILES string of the molecule is CCCCc1cn(CC(=O)O)c2cc(Cl)c(C)cc12. The first-order chi connectivity index (χ1) is 9.02. The van der Waals surface area contributed by atoms with Gasteiger partial charge in [0.1, 0.15) is 6.54 Å². The minimum absolute atomic E-state index is 0.0258. The Hall–Kier alpha value is -1.48. The predicted octanol–water partition coefficient (Wildman–Crippen LogP) is 4.03. The highest BCUT2D eigenvalue weighted by atomic mass is 35.5. The van der Waals surface area contributed by atoms with Crippen molar-refractivity contribution < 1.29 is 9.90 Å². The Morgan fingerprint density at radius 2 is 2.16 bits per heavy atom. The summed E-state index contributed by atoms with van der Waals surface area (Å²) in [6, 6.07) is 3.92. The van der Waals surface area contributed by atoms with Crippen molar-refractivity contribution in [3.05, 3.63) is 34.5 Å². The third-order valence-electron chi connectivity index (χ3n) is 3.35. The third kappa shape index (κ3) is 2.92. The fourth-order valence-corrected chi connectivity index (χ4v) is 2.49. The van der Waals surface area contributed by atoms with Gasteiger partial charge in [0.05, 0.1) is 5.52 Å². The summed E-state index contributed by atoms with van der Waals surface area (Å²) in [5.41, 5.74) is 3.14. The number of unbranched alkanes of at least 4 members (excludes halogenated alkanes) is 1. The summed E-state index contributed by atoms with van der Waals surface area (Å²) in [7, 11) is 0. The first-order valence-corrected chi connectivity index (χ1v) is 6.90. The summed E-state index contributed by atoms with van der Waals surface area (Å²) >= 11 is 6.15. The number of nitrogens with zero attached hydrogens (tertiary/aromatic N) is 1. The highest BCUT2D eigenvalue weighted by Gasteiger charge is 2.12. The fraction of sp³-hybridized carbons (Fsp3) is 0.400. The smallest absolute Gasteiger partial charge is 0.323 e. The van der Waals surface area contributed by atoms with E-state index < -0.39 is 5.97 Å². The van der Waals surface area contributed by atoms with Gasteiger partial charge < -0.3 is 9.67 Å². The molecule has 1 aromatic heterocycles. The normalized spacial score (nSPS) is 11.1.